The molecule has 0 radical (unpaired) electrons. The number of fused-ring (bicyclic) bond motifs is 3. The lowest BCUT2D eigenvalue weighted by molar-refractivity contribution is 0.180. The molecule has 0 saturated heterocycles. The average molecular weight is 518 g/mol. The van der Waals surface area contributed by atoms with Crippen LogP contribution in [0.1, 0.15) is 41.0 Å². The van der Waals surface area contributed by atoms with E-state index < -0.39 is 0 Å². The molecule has 0 aliphatic carbocycles. The van der Waals surface area contributed by atoms with Gasteiger partial charge in [-0.05, 0) is 53.9 Å². The van der Waals surface area contributed by atoms with E-state index in [1.165, 1.54) is 0 Å². The first-order valence-corrected chi connectivity index (χ1v) is 13.2. The maximum absolute atomic E-state index is 14.0. The molecule has 1 N–H and O–H groups in total. The van der Waals surface area contributed by atoms with Gasteiger partial charge in [-0.3, -0.25) is 0 Å². The molecule has 0 spiro atoms. The fraction of sp³-hybridized carbons (Fsp3) is 0.188. The second-order valence-electron chi connectivity index (χ2n) is 9.60. The monoisotopic (exact) mass is 517 g/mol. The number of methoxy groups -OCH3 is 1. The fourth-order valence-corrected chi connectivity index (χ4v) is 5.39. The summed E-state index contributed by atoms with van der Waals surface area (Å²) < 4.78 is 9.76. The second-order valence-corrected chi connectivity index (χ2v) is 9.60. The Morgan fingerprint density at radius 3 is 2.49 bits per heavy atom. The Hall–Kier alpha value is -4.78. The number of aromatic nitrogens is 3. The van der Waals surface area contributed by atoms with Crippen LogP contribution in [0.2, 0.25) is 0 Å². The van der Waals surface area contributed by atoms with Crippen molar-refractivity contribution in [1.82, 2.24) is 24.6 Å². The third kappa shape index (κ3) is 4.56. The molecule has 1 unspecified atom stereocenters. The van der Waals surface area contributed by atoms with Crippen molar-refractivity contribution in [2.75, 3.05) is 7.11 Å². The molecular weight excluding hydrogens is 486 g/mol. The lowest BCUT2D eigenvalue weighted by Crippen LogP contribution is -2.41. The largest absolute Gasteiger partial charge is 0.497 e. The summed E-state index contributed by atoms with van der Waals surface area (Å²) in [7, 11) is 1.66. The first-order valence-electron chi connectivity index (χ1n) is 13.2. The first kappa shape index (κ1) is 24.6. The Labute approximate surface area is 228 Å². The van der Waals surface area contributed by atoms with E-state index in [9.17, 15) is 4.79 Å². The lowest BCUT2D eigenvalue weighted by atomic mass is 10.0. The van der Waals surface area contributed by atoms with E-state index in [1.54, 1.807) is 7.11 Å². The van der Waals surface area contributed by atoms with Crippen molar-refractivity contribution in [2.24, 2.45) is 0 Å². The van der Waals surface area contributed by atoms with E-state index >= 15 is 0 Å². The molecule has 0 fully saturated rings. The van der Waals surface area contributed by atoms with Crippen molar-refractivity contribution in [2.45, 2.75) is 32.5 Å². The highest BCUT2D eigenvalue weighted by Crippen LogP contribution is 2.39. The fourth-order valence-electron chi connectivity index (χ4n) is 5.39. The Morgan fingerprint density at radius 1 is 0.974 bits per heavy atom. The number of hydrogen-bond donors (Lipinski definition) is 1. The van der Waals surface area contributed by atoms with Crippen LogP contribution in [0.5, 0.6) is 5.75 Å². The van der Waals surface area contributed by atoms with Gasteiger partial charge in [0.05, 0.1) is 36.8 Å². The normalized spacial score (nSPS) is 14.3. The molecule has 7 heteroatoms. The number of para-hydroxylation sites is 1. The summed E-state index contributed by atoms with van der Waals surface area (Å²) in [6, 6.07) is 31.8. The SMILES string of the molecule is CCc1nn(-c2ccccc2)c2c1CN(C(=O)NCc1ccccc1)C(c1cccc(OC)c1)c1cccn1-2. The number of aryl methyl sites for hydroxylation is 1. The summed E-state index contributed by atoms with van der Waals surface area (Å²) >= 11 is 0. The van der Waals surface area contributed by atoms with Crippen molar-refractivity contribution in [3.8, 4) is 17.3 Å². The third-order valence-corrected chi connectivity index (χ3v) is 7.26. The van der Waals surface area contributed by atoms with Crippen LogP contribution in [0.25, 0.3) is 11.5 Å². The van der Waals surface area contributed by atoms with Crippen LogP contribution in [0.3, 0.4) is 0 Å². The number of hydrogen-bond acceptors (Lipinski definition) is 3. The number of nitrogens with zero attached hydrogens (tertiary/aromatic N) is 4. The topological polar surface area (TPSA) is 64.3 Å². The minimum Gasteiger partial charge on any atom is -0.497 e. The van der Waals surface area contributed by atoms with Gasteiger partial charge in [0.2, 0.25) is 0 Å². The summed E-state index contributed by atoms with van der Waals surface area (Å²) in [6.45, 7) is 2.97. The summed E-state index contributed by atoms with van der Waals surface area (Å²) in [5, 5.41) is 8.20. The molecule has 2 amide bonds. The lowest BCUT2D eigenvalue weighted by Gasteiger charge is -2.31. The maximum Gasteiger partial charge on any atom is 0.318 e. The van der Waals surface area contributed by atoms with Crippen molar-refractivity contribution in [3.63, 3.8) is 0 Å². The van der Waals surface area contributed by atoms with Crippen LogP contribution in [-0.2, 0) is 19.5 Å². The second kappa shape index (κ2) is 10.5. The number of ether oxygens (including phenoxy) is 1. The smallest absolute Gasteiger partial charge is 0.318 e. The van der Waals surface area contributed by atoms with Gasteiger partial charge in [0, 0.05) is 18.3 Å². The number of urea groups is 1. The van der Waals surface area contributed by atoms with Gasteiger partial charge >= 0.3 is 6.03 Å². The van der Waals surface area contributed by atoms with Crippen LogP contribution in [0.15, 0.2) is 103 Å². The Kier molecular flexibility index (Phi) is 6.63. The molecule has 196 valence electrons. The van der Waals surface area contributed by atoms with E-state index in [-0.39, 0.29) is 12.1 Å². The maximum atomic E-state index is 14.0. The van der Waals surface area contributed by atoms with Crippen LogP contribution < -0.4 is 10.1 Å². The molecule has 5 aromatic rings. The highest BCUT2D eigenvalue weighted by molar-refractivity contribution is 5.76. The molecule has 3 heterocycles. The summed E-state index contributed by atoms with van der Waals surface area (Å²) in [5.41, 5.74) is 6.00. The zero-order valence-corrected chi connectivity index (χ0v) is 22.1. The van der Waals surface area contributed by atoms with Gasteiger partial charge in [0.15, 0.2) is 0 Å². The first-order chi connectivity index (χ1) is 19.2. The van der Waals surface area contributed by atoms with Crippen LogP contribution in [-0.4, -0.2) is 32.4 Å². The molecule has 1 atom stereocenters. The predicted molar refractivity (Wildman–Crippen MR) is 151 cm³/mol. The van der Waals surface area contributed by atoms with Gasteiger partial charge in [0.1, 0.15) is 11.6 Å². The molecule has 0 bridgehead atoms. The van der Waals surface area contributed by atoms with Gasteiger partial charge in [-0.15, -0.1) is 0 Å². The Morgan fingerprint density at radius 2 is 1.74 bits per heavy atom. The highest BCUT2D eigenvalue weighted by atomic mass is 16.5. The number of amides is 2. The van der Waals surface area contributed by atoms with Gasteiger partial charge in [-0.25, -0.2) is 9.48 Å². The van der Waals surface area contributed by atoms with Gasteiger partial charge in [-0.1, -0.05) is 67.6 Å². The Balaban J connectivity index is 1.51. The van der Waals surface area contributed by atoms with Crippen LogP contribution >= 0.6 is 0 Å². The predicted octanol–water partition coefficient (Wildman–Crippen LogP) is 6.05. The highest BCUT2D eigenvalue weighted by Gasteiger charge is 2.36. The zero-order valence-electron chi connectivity index (χ0n) is 22.1. The molecule has 1 aliphatic rings. The molecular formula is C32H31N5O2. The minimum absolute atomic E-state index is 0.137. The third-order valence-electron chi connectivity index (χ3n) is 7.26. The van der Waals surface area contributed by atoms with Gasteiger partial charge < -0.3 is 19.5 Å². The van der Waals surface area contributed by atoms with E-state index in [1.807, 2.05) is 82.4 Å². The van der Waals surface area contributed by atoms with Crippen molar-refractivity contribution < 1.29 is 9.53 Å². The molecule has 0 saturated carbocycles. The van der Waals surface area contributed by atoms with E-state index in [0.717, 1.165) is 51.8 Å². The standard InChI is InChI=1S/C32H31N5O2/c1-3-28-27-22-36(32(38)33-21-23-12-6-4-7-13-23)30(24-14-10-17-26(20-24)39-2)29-18-11-19-35(29)31(27)37(34-28)25-15-8-5-9-16-25/h4-20,30H,3,21-22H2,1-2H3,(H,33,38). The quantitative estimate of drug-likeness (QED) is 0.298. The molecule has 2 aromatic heterocycles. The molecule has 3 aromatic carbocycles. The molecule has 6 rings (SSSR count). The number of carbonyl (C=O) groups is 1. The van der Waals surface area contributed by atoms with E-state index in [2.05, 4.69) is 47.3 Å². The van der Waals surface area contributed by atoms with Crippen LogP contribution in [0.4, 0.5) is 4.79 Å². The van der Waals surface area contributed by atoms with Crippen LogP contribution in [0, 0.1) is 0 Å². The van der Waals surface area contributed by atoms with E-state index in [0.29, 0.717) is 13.1 Å². The summed E-state index contributed by atoms with van der Waals surface area (Å²) in [5.74, 6) is 1.71. The Bertz CT molecular complexity index is 1590. The molecule has 1 aliphatic heterocycles. The average Bonchev–Trinajstić information content (AvgIpc) is 3.58. The number of benzene rings is 3. The summed E-state index contributed by atoms with van der Waals surface area (Å²) in [4.78, 5) is 15.9. The minimum atomic E-state index is -0.341. The van der Waals surface area contributed by atoms with Gasteiger partial charge in [0.25, 0.3) is 0 Å². The van der Waals surface area contributed by atoms with Crippen molar-refractivity contribution in [1.29, 1.82) is 0 Å². The number of nitrogens with one attached hydrogen (secondary N) is 1. The molecule has 39 heavy (non-hydrogen) atoms. The number of rotatable bonds is 6. The van der Waals surface area contributed by atoms with E-state index in [4.69, 9.17) is 9.84 Å². The van der Waals surface area contributed by atoms with Crippen molar-refractivity contribution in [3.05, 3.63) is 131 Å². The number of carbonyl (C=O) groups excluding carboxylic acids is 1. The molecule has 7 nitrogen and oxygen atoms in total. The zero-order chi connectivity index (χ0) is 26.8. The summed E-state index contributed by atoms with van der Waals surface area (Å²) in [6.07, 6.45) is 2.81. The van der Waals surface area contributed by atoms with Crippen molar-refractivity contribution >= 4 is 6.03 Å². The van der Waals surface area contributed by atoms with Gasteiger partial charge in [-0.2, -0.15) is 5.10 Å².